The van der Waals surface area contributed by atoms with E-state index < -0.39 is 0 Å². The normalized spacial score (nSPS) is 12.5. The lowest BCUT2D eigenvalue weighted by atomic mass is 10.3. The van der Waals surface area contributed by atoms with Crippen molar-refractivity contribution in [1.29, 1.82) is 0 Å². The average molecular weight is 139 g/mol. The predicted octanol–water partition coefficient (Wildman–Crippen LogP) is 0.217. The number of carbonyl (C=O) groups is 1. The second-order valence-corrected chi connectivity index (χ2v) is 1.98. The molecule has 0 saturated carbocycles. The highest BCUT2D eigenvalue weighted by Gasteiger charge is 2.03. The summed E-state index contributed by atoms with van der Waals surface area (Å²) in [6.45, 7) is 1.85. The molecule has 54 valence electrons. The minimum atomic E-state index is -0.0347. The molecule has 0 spiro atoms. The number of hydrogen-bond donors (Lipinski definition) is 2. The maximum atomic E-state index is 9.96. The van der Waals surface area contributed by atoms with Gasteiger partial charge in [0.25, 0.3) is 0 Å². The molecule has 4 nitrogen and oxygen atoms in total. The number of H-pyrrole nitrogens is 1. The van der Waals surface area contributed by atoms with Crippen LogP contribution >= 0.6 is 0 Å². The quantitative estimate of drug-likeness (QED) is 0.588. The number of amides is 1. The maximum absolute atomic E-state index is 9.96. The predicted molar refractivity (Wildman–Crippen MR) is 36.2 cm³/mol. The Balaban J connectivity index is 2.58. The molecule has 0 fully saturated rings. The van der Waals surface area contributed by atoms with Crippen molar-refractivity contribution in [3.8, 4) is 0 Å². The highest BCUT2D eigenvalue weighted by Crippen LogP contribution is 2.02. The zero-order chi connectivity index (χ0) is 7.40. The summed E-state index contributed by atoms with van der Waals surface area (Å²) in [5, 5.41) is 2.57. The second kappa shape index (κ2) is 3.00. The van der Waals surface area contributed by atoms with Gasteiger partial charge >= 0.3 is 0 Å². The van der Waals surface area contributed by atoms with E-state index in [0.29, 0.717) is 6.41 Å². The summed E-state index contributed by atoms with van der Waals surface area (Å²) in [7, 11) is 0. The lowest BCUT2D eigenvalue weighted by Gasteiger charge is -2.04. The third-order valence-electron chi connectivity index (χ3n) is 1.25. The number of nitrogens with one attached hydrogen (secondary N) is 2. The monoisotopic (exact) mass is 139 g/mol. The lowest BCUT2D eigenvalue weighted by Crippen LogP contribution is -2.17. The van der Waals surface area contributed by atoms with Crippen LogP contribution in [0.2, 0.25) is 0 Å². The number of hydrogen-bond acceptors (Lipinski definition) is 2. The van der Waals surface area contributed by atoms with Gasteiger partial charge in [-0.25, -0.2) is 4.98 Å². The number of aromatic amines is 1. The fourth-order valence-electron chi connectivity index (χ4n) is 0.695. The fraction of sp³-hybridized carbons (Fsp3) is 0.333. The molecule has 1 aromatic heterocycles. The molecule has 0 saturated heterocycles. The van der Waals surface area contributed by atoms with E-state index in [1.807, 2.05) is 6.92 Å². The molecule has 1 rings (SSSR count). The molecule has 0 radical (unpaired) electrons. The minimum Gasteiger partial charge on any atom is -0.349 e. The first kappa shape index (κ1) is 6.80. The largest absolute Gasteiger partial charge is 0.349 e. The Morgan fingerprint density at radius 2 is 2.70 bits per heavy atom. The van der Waals surface area contributed by atoms with E-state index in [-0.39, 0.29) is 6.04 Å². The van der Waals surface area contributed by atoms with Gasteiger partial charge in [0.15, 0.2) is 0 Å². The molecule has 4 heteroatoms. The van der Waals surface area contributed by atoms with E-state index in [0.717, 1.165) is 5.82 Å². The van der Waals surface area contributed by atoms with Crippen molar-refractivity contribution < 1.29 is 4.79 Å². The standard InChI is InChI=1S/C6H9N3O/c1-5(9-4-10)6-7-2-3-8-6/h2-5H,1H3,(H,7,8)(H,9,10). The summed E-state index contributed by atoms with van der Waals surface area (Å²) in [4.78, 5) is 16.8. The number of nitrogens with zero attached hydrogens (tertiary/aromatic N) is 1. The molecule has 1 aromatic rings. The highest BCUT2D eigenvalue weighted by molar-refractivity contribution is 5.46. The first-order valence-electron chi connectivity index (χ1n) is 3.03. The first-order valence-corrected chi connectivity index (χ1v) is 3.03. The van der Waals surface area contributed by atoms with Gasteiger partial charge in [-0.05, 0) is 6.92 Å². The zero-order valence-corrected chi connectivity index (χ0v) is 5.66. The van der Waals surface area contributed by atoms with Gasteiger partial charge in [-0.15, -0.1) is 0 Å². The van der Waals surface area contributed by atoms with Gasteiger partial charge in [-0.3, -0.25) is 4.79 Å². The summed E-state index contributed by atoms with van der Waals surface area (Å²) < 4.78 is 0. The fourth-order valence-corrected chi connectivity index (χ4v) is 0.695. The second-order valence-electron chi connectivity index (χ2n) is 1.98. The summed E-state index contributed by atoms with van der Waals surface area (Å²) in [5.41, 5.74) is 0. The van der Waals surface area contributed by atoms with Gasteiger partial charge in [-0.2, -0.15) is 0 Å². The molecule has 0 aliphatic heterocycles. The van der Waals surface area contributed by atoms with Gasteiger partial charge in [0.1, 0.15) is 5.82 Å². The molecule has 1 atom stereocenters. The molecule has 10 heavy (non-hydrogen) atoms. The number of aromatic nitrogens is 2. The van der Waals surface area contributed by atoms with Crippen LogP contribution in [0.4, 0.5) is 0 Å². The van der Waals surface area contributed by atoms with E-state index in [2.05, 4.69) is 15.3 Å². The van der Waals surface area contributed by atoms with Crippen molar-refractivity contribution in [1.82, 2.24) is 15.3 Å². The minimum absolute atomic E-state index is 0.0347. The van der Waals surface area contributed by atoms with Gasteiger partial charge < -0.3 is 10.3 Å². The molecule has 1 unspecified atom stereocenters. The Labute approximate surface area is 58.7 Å². The third kappa shape index (κ3) is 1.34. The summed E-state index contributed by atoms with van der Waals surface area (Å²) in [6.07, 6.45) is 4.03. The van der Waals surface area contributed by atoms with Crippen molar-refractivity contribution in [2.24, 2.45) is 0 Å². The van der Waals surface area contributed by atoms with Crippen LogP contribution in [0.5, 0.6) is 0 Å². The van der Waals surface area contributed by atoms with E-state index in [1.165, 1.54) is 0 Å². The average Bonchev–Trinajstić information content (AvgIpc) is 2.38. The summed E-state index contributed by atoms with van der Waals surface area (Å²) >= 11 is 0. The van der Waals surface area contributed by atoms with Gasteiger partial charge in [-0.1, -0.05) is 0 Å². The van der Waals surface area contributed by atoms with Gasteiger partial charge in [0, 0.05) is 12.4 Å². The van der Waals surface area contributed by atoms with Crippen LogP contribution in [-0.4, -0.2) is 16.4 Å². The van der Waals surface area contributed by atoms with Crippen LogP contribution in [0.1, 0.15) is 18.8 Å². The van der Waals surface area contributed by atoms with Crippen LogP contribution in [0.15, 0.2) is 12.4 Å². The SMILES string of the molecule is CC(NC=O)c1ncc[nH]1. The van der Waals surface area contributed by atoms with Crippen LogP contribution in [0.25, 0.3) is 0 Å². The molecule has 0 aromatic carbocycles. The molecule has 1 amide bonds. The molecule has 1 heterocycles. The lowest BCUT2D eigenvalue weighted by molar-refractivity contribution is -0.110. The highest BCUT2D eigenvalue weighted by atomic mass is 16.1. The first-order chi connectivity index (χ1) is 4.84. The molecule has 2 N–H and O–H groups in total. The Kier molecular flexibility index (Phi) is 2.04. The van der Waals surface area contributed by atoms with E-state index in [4.69, 9.17) is 0 Å². The van der Waals surface area contributed by atoms with E-state index in [1.54, 1.807) is 12.4 Å². The zero-order valence-electron chi connectivity index (χ0n) is 5.66. The maximum Gasteiger partial charge on any atom is 0.207 e. The van der Waals surface area contributed by atoms with Crippen LogP contribution in [-0.2, 0) is 4.79 Å². The topological polar surface area (TPSA) is 57.8 Å². The molecular weight excluding hydrogens is 130 g/mol. The summed E-state index contributed by atoms with van der Waals surface area (Å²) in [5.74, 6) is 0.770. The number of imidazole rings is 1. The van der Waals surface area contributed by atoms with E-state index in [9.17, 15) is 4.79 Å². The molecule has 0 aliphatic rings. The third-order valence-corrected chi connectivity index (χ3v) is 1.25. The summed E-state index contributed by atoms with van der Waals surface area (Å²) in [6, 6.07) is -0.0347. The van der Waals surface area contributed by atoms with Crippen LogP contribution in [0, 0.1) is 0 Å². The van der Waals surface area contributed by atoms with Crippen molar-refractivity contribution in [2.45, 2.75) is 13.0 Å². The van der Waals surface area contributed by atoms with Crippen molar-refractivity contribution in [3.63, 3.8) is 0 Å². The van der Waals surface area contributed by atoms with Gasteiger partial charge in [0.05, 0.1) is 6.04 Å². The van der Waals surface area contributed by atoms with Crippen molar-refractivity contribution in [3.05, 3.63) is 18.2 Å². The molecular formula is C6H9N3O. The smallest absolute Gasteiger partial charge is 0.207 e. The Hall–Kier alpha value is -1.32. The van der Waals surface area contributed by atoms with Gasteiger partial charge in [0.2, 0.25) is 6.41 Å². The van der Waals surface area contributed by atoms with E-state index >= 15 is 0 Å². The Morgan fingerprint density at radius 3 is 3.20 bits per heavy atom. The number of rotatable bonds is 3. The Morgan fingerprint density at radius 1 is 1.90 bits per heavy atom. The van der Waals surface area contributed by atoms with Crippen LogP contribution in [0.3, 0.4) is 0 Å². The molecule has 0 aliphatic carbocycles. The van der Waals surface area contributed by atoms with Crippen molar-refractivity contribution >= 4 is 6.41 Å². The van der Waals surface area contributed by atoms with Crippen molar-refractivity contribution in [2.75, 3.05) is 0 Å². The van der Waals surface area contributed by atoms with Crippen LogP contribution < -0.4 is 5.32 Å². The molecule has 0 bridgehead atoms. The number of carbonyl (C=O) groups excluding carboxylic acids is 1. The Bertz CT molecular complexity index is 195.